The molecule has 0 aromatic carbocycles. The maximum absolute atomic E-state index is 12.5. The Kier molecular flexibility index (Phi) is 9.51. The average Bonchev–Trinajstić information content (AvgIpc) is 3.23. The van der Waals surface area contributed by atoms with Crippen LogP contribution in [0.2, 0.25) is 0 Å². The minimum Gasteiger partial charge on any atom is -0.462 e. The standard InChI is InChI=1S/C34H55NO3/c1-7-31(36)35-21-9-12-32(37)38-26-17-19-33(5)25(22-26)13-14-27-29-16-15-28(24(4)11-8-10-23(2)3)34(29,6)20-18-30(27)33/h7,13,23-24,26-30H,1,8-12,14-22H2,2-6H3,(H,35,36)/t24-,26?,27+,28-,29+,30+,33+,34-/m1/s1. The lowest BCUT2D eigenvalue weighted by atomic mass is 9.47. The molecule has 0 heterocycles. The van der Waals surface area contributed by atoms with E-state index in [1.165, 1.54) is 57.4 Å². The van der Waals surface area contributed by atoms with Crippen molar-refractivity contribution in [2.45, 2.75) is 124 Å². The van der Waals surface area contributed by atoms with E-state index in [2.05, 4.69) is 52.6 Å². The van der Waals surface area contributed by atoms with Gasteiger partial charge in [-0.25, -0.2) is 0 Å². The van der Waals surface area contributed by atoms with Crippen LogP contribution in [0.1, 0.15) is 118 Å². The zero-order valence-electron chi connectivity index (χ0n) is 25.0. The fourth-order valence-corrected chi connectivity index (χ4v) is 9.51. The average molecular weight is 526 g/mol. The van der Waals surface area contributed by atoms with Crippen molar-refractivity contribution in [3.8, 4) is 0 Å². The molecule has 4 heteroatoms. The molecule has 214 valence electrons. The molecular formula is C34H55NO3. The summed E-state index contributed by atoms with van der Waals surface area (Å²) in [4.78, 5) is 23.7. The van der Waals surface area contributed by atoms with Crippen LogP contribution >= 0.6 is 0 Å². The van der Waals surface area contributed by atoms with Gasteiger partial charge < -0.3 is 10.1 Å². The van der Waals surface area contributed by atoms with Crippen LogP contribution in [0.15, 0.2) is 24.3 Å². The number of ether oxygens (including phenoxy) is 1. The van der Waals surface area contributed by atoms with Crippen molar-refractivity contribution in [3.05, 3.63) is 24.3 Å². The van der Waals surface area contributed by atoms with Gasteiger partial charge in [-0.3, -0.25) is 9.59 Å². The van der Waals surface area contributed by atoms with Gasteiger partial charge in [0.05, 0.1) is 0 Å². The molecule has 38 heavy (non-hydrogen) atoms. The van der Waals surface area contributed by atoms with Crippen LogP contribution in [-0.4, -0.2) is 24.5 Å². The highest BCUT2D eigenvalue weighted by Crippen LogP contribution is 2.67. The number of esters is 1. The first kappa shape index (κ1) is 29.4. The zero-order chi connectivity index (χ0) is 27.5. The van der Waals surface area contributed by atoms with E-state index in [1.807, 2.05) is 0 Å². The predicted molar refractivity (Wildman–Crippen MR) is 155 cm³/mol. The monoisotopic (exact) mass is 525 g/mol. The van der Waals surface area contributed by atoms with Crippen molar-refractivity contribution in [2.24, 2.45) is 46.3 Å². The molecule has 4 aliphatic carbocycles. The van der Waals surface area contributed by atoms with Gasteiger partial charge in [-0.1, -0.05) is 72.1 Å². The molecule has 4 nitrogen and oxygen atoms in total. The minimum atomic E-state index is -0.195. The molecular weight excluding hydrogens is 470 g/mol. The van der Waals surface area contributed by atoms with E-state index in [9.17, 15) is 9.59 Å². The molecule has 0 aliphatic heterocycles. The van der Waals surface area contributed by atoms with E-state index in [0.717, 1.165) is 54.8 Å². The van der Waals surface area contributed by atoms with Crippen molar-refractivity contribution < 1.29 is 14.3 Å². The Morgan fingerprint density at radius 3 is 2.61 bits per heavy atom. The molecule has 0 aromatic rings. The Bertz CT molecular complexity index is 892. The second-order valence-corrected chi connectivity index (χ2v) is 14.2. The fourth-order valence-electron chi connectivity index (χ4n) is 9.51. The van der Waals surface area contributed by atoms with E-state index in [1.54, 1.807) is 5.57 Å². The van der Waals surface area contributed by atoms with Crippen LogP contribution in [0, 0.1) is 46.3 Å². The quantitative estimate of drug-likeness (QED) is 0.129. The summed E-state index contributed by atoms with van der Waals surface area (Å²) in [7, 11) is 0. The second kappa shape index (κ2) is 12.3. The Balaban J connectivity index is 1.33. The molecule has 1 unspecified atom stereocenters. The SMILES string of the molecule is C=CC(=O)NCCCC(=O)OC1CC[C@@]2(C)C(=CC[C@H]3[C@@H]4CC[C@H]([C@H](C)CCCC(C)C)[C@@]4(C)CC[C@@H]32)C1. The number of amides is 1. The summed E-state index contributed by atoms with van der Waals surface area (Å²) in [6, 6.07) is 0. The van der Waals surface area contributed by atoms with Crippen LogP contribution in [0.4, 0.5) is 0 Å². The predicted octanol–water partition coefficient (Wildman–Crippen LogP) is 8.02. The molecule has 1 N–H and O–H groups in total. The minimum absolute atomic E-state index is 0.0116. The molecule has 3 saturated carbocycles. The third-order valence-electron chi connectivity index (χ3n) is 11.6. The number of hydrogen-bond donors (Lipinski definition) is 1. The highest BCUT2D eigenvalue weighted by atomic mass is 16.5. The molecule has 1 amide bonds. The van der Waals surface area contributed by atoms with Gasteiger partial charge in [0.15, 0.2) is 0 Å². The summed E-state index contributed by atoms with van der Waals surface area (Å²) >= 11 is 0. The van der Waals surface area contributed by atoms with Crippen LogP contribution in [0.3, 0.4) is 0 Å². The van der Waals surface area contributed by atoms with E-state index < -0.39 is 0 Å². The van der Waals surface area contributed by atoms with Crippen LogP contribution in [0.5, 0.6) is 0 Å². The molecule has 0 radical (unpaired) electrons. The first-order valence-corrected chi connectivity index (χ1v) is 15.9. The normalized spacial score (nSPS) is 36.9. The number of allylic oxidation sites excluding steroid dienone is 1. The van der Waals surface area contributed by atoms with Gasteiger partial charge in [-0.15, -0.1) is 0 Å². The van der Waals surface area contributed by atoms with Gasteiger partial charge in [0.25, 0.3) is 0 Å². The summed E-state index contributed by atoms with van der Waals surface area (Å²) in [5.74, 6) is 4.76. The fraction of sp³-hybridized carbons (Fsp3) is 0.824. The summed E-state index contributed by atoms with van der Waals surface area (Å²) in [6.07, 6.45) is 18.9. The first-order valence-electron chi connectivity index (χ1n) is 15.9. The van der Waals surface area contributed by atoms with Gasteiger partial charge in [-0.05, 0) is 104 Å². The van der Waals surface area contributed by atoms with E-state index in [4.69, 9.17) is 4.74 Å². The lowest BCUT2D eigenvalue weighted by molar-refractivity contribution is -0.151. The van der Waals surface area contributed by atoms with Crippen LogP contribution < -0.4 is 5.32 Å². The number of fused-ring (bicyclic) bond motifs is 5. The first-order chi connectivity index (χ1) is 18.1. The summed E-state index contributed by atoms with van der Waals surface area (Å²) in [6.45, 7) is 16.4. The molecule has 0 bridgehead atoms. The summed E-state index contributed by atoms with van der Waals surface area (Å²) < 4.78 is 5.91. The van der Waals surface area contributed by atoms with Crippen molar-refractivity contribution in [1.82, 2.24) is 5.32 Å². The maximum Gasteiger partial charge on any atom is 0.306 e. The van der Waals surface area contributed by atoms with Gasteiger partial charge in [0, 0.05) is 19.4 Å². The van der Waals surface area contributed by atoms with Crippen LogP contribution in [-0.2, 0) is 14.3 Å². The Morgan fingerprint density at radius 2 is 1.87 bits per heavy atom. The van der Waals surface area contributed by atoms with Crippen molar-refractivity contribution in [3.63, 3.8) is 0 Å². The van der Waals surface area contributed by atoms with E-state index >= 15 is 0 Å². The van der Waals surface area contributed by atoms with Gasteiger partial charge in [-0.2, -0.15) is 0 Å². The van der Waals surface area contributed by atoms with Gasteiger partial charge >= 0.3 is 5.97 Å². The number of nitrogens with one attached hydrogen (secondary N) is 1. The lowest BCUT2D eigenvalue weighted by Crippen LogP contribution is -2.51. The highest BCUT2D eigenvalue weighted by molar-refractivity contribution is 5.86. The van der Waals surface area contributed by atoms with E-state index in [0.29, 0.717) is 24.8 Å². The number of carbonyl (C=O) groups is 2. The number of carbonyl (C=O) groups excluding carboxylic acids is 2. The molecule has 4 rings (SSSR count). The Hall–Kier alpha value is -1.58. The van der Waals surface area contributed by atoms with Crippen molar-refractivity contribution >= 4 is 11.9 Å². The molecule has 8 atom stereocenters. The Morgan fingerprint density at radius 1 is 1.08 bits per heavy atom. The third kappa shape index (κ3) is 6.09. The zero-order valence-corrected chi connectivity index (χ0v) is 25.0. The summed E-state index contributed by atoms with van der Waals surface area (Å²) in [5.41, 5.74) is 2.38. The molecule has 0 saturated heterocycles. The molecule has 3 fully saturated rings. The highest BCUT2D eigenvalue weighted by Gasteiger charge is 2.59. The molecule has 4 aliphatic rings. The molecule has 0 aromatic heterocycles. The third-order valence-corrected chi connectivity index (χ3v) is 11.6. The number of rotatable bonds is 11. The topological polar surface area (TPSA) is 55.4 Å². The summed E-state index contributed by atoms with van der Waals surface area (Å²) in [5, 5.41) is 2.73. The smallest absolute Gasteiger partial charge is 0.306 e. The van der Waals surface area contributed by atoms with Crippen molar-refractivity contribution in [1.29, 1.82) is 0 Å². The van der Waals surface area contributed by atoms with Crippen molar-refractivity contribution in [2.75, 3.05) is 6.54 Å². The van der Waals surface area contributed by atoms with E-state index in [-0.39, 0.29) is 23.4 Å². The van der Waals surface area contributed by atoms with Gasteiger partial charge in [0.2, 0.25) is 5.91 Å². The molecule has 0 spiro atoms. The van der Waals surface area contributed by atoms with Crippen LogP contribution in [0.25, 0.3) is 0 Å². The lowest BCUT2D eigenvalue weighted by Gasteiger charge is -2.58. The second-order valence-electron chi connectivity index (χ2n) is 14.2. The largest absolute Gasteiger partial charge is 0.462 e. The number of hydrogen-bond acceptors (Lipinski definition) is 3. The van der Waals surface area contributed by atoms with Gasteiger partial charge in [0.1, 0.15) is 6.10 Å². The maximum atomic E-state index is 12.5. The Labute approximate surface area is 232 Å².